The normalized spacial score (nSPS) is 16.6. The third-order valence-electron chi connectivity index (χ3n) is 3.98. The summed E-state index contributed by atoms with van der Waals surface area (Å²) < 4.78 is 0. The van der Waals surface area contributed by atoms with Gasteiger partial charge in [-0.2, -0.15) is 5.26 Å². The number of nitro groups is 1. The molecular weight excluding hydrogens is 258 g/mol. The molecule has 1 aliphatic carbocycles. The van der Waals surface area contributed by atoms with Gasteiger partial charge in [-0.15, -0.1) is 0 Å². The van der Waals surface area contributed by atoms with Crippen molar-refractivity contribution in [2.45, 2.75) is 25.7 Å². The highest BCUT2D eigenvalue weighted by Crippen LogP contribution is 2.38. The van der Waals surface area contributed by atoms with Crippen LogP contribution in [0.5, 0.6) is 0 Å². The van der Waals surface area contributed by atoms with Gasteiger partial charge in [-0.1, -0.05) is 12.8 Å². The van der Waals surface area contributed by atoms with Crippen LogP contribution in [0, 0.1) is 26.9 Å². The van der Waals surface area contributed by atoms with Crippen molar-refractivity contribution >= 4 is 11.4 Å². The number of nitro benzene ring substituents is 1. The second-order valence-corrected chi connectivity index (χ2v) is 5.32. The van der Waals surface area contributed by atoms with Crippen LogP contribution in [0.4, 0.5) is 11.4 Å². The lowest BCUT2D eigenvalue weighted by atomic mass is 9.87. The van der Waals surface area contributed by atoms with Gasteiger partial charge in [0.2, 0.25) is 0 Å². The Bertz CT molecular complexity index is 545. The second kappa shape index (κ2) is 5.88. The number of rotatable bonds is 5. The van der Waals surface area contributed by atoms with Crippen molar-refractivity contribution in [2.24, 2.45) is 5.41 Å². The summed E-state index contributed by atoms with van der Waals surface area (Å²) >= 11 is 0. The Morgan fingerprint density at radius 2 is 2.15 bits per heavy atom. The molecule has 106 valence electrons. The molecule has 1 fully saturated rings. The average Bonchev–Trinajstić information content (AvgIpc) is 2.94. The van der Waals surface area contributed by atoms with E-state index in [1.165, 1.54) is 18.2 Å². The standard InChI is InChI=1S/C14H17N3O3/c15-8-11-3-4-13(17(19)20)12(7-11)16-9-14(10-18)5-1-2-6-14/h3-4,7,16,18H,1-2,5-6,9-10H2. The Morgan fingerprint density at radius 1 is 1.45 bits per heavy atom. The molecule has 0 aliphatic heterocycles. The van der Waals surface area contributed by atoms with E-state index in [0.29, 0.717) is 17.8 Å². The van der Waals surface area contributed by atoms with Crippen molar-refractivity contribution in [2.75, 3.05) is 18.5 Å². The van der Waals surface area contributed by atoms with Crippen molar-refractivity contribution in [3.05, 3.63) is 33.9 Å². The summed E-state index contributed by atoms with van der Waals surface area (Å²) in [7, 11) is 0. The quantitative estimate of drug-likeness (QED) is 0.635. The monoisotopic (exact) mass is 275 g/mol. The average molecular weight is 275 g/mol. The summed E-state index contributed by atoms with van der Waals surface area (Å²) in [4.78, 5) is 10.5. The van der Waals surface area contributed by atoms with Crippen LogP contribution in [-0.4, -0.2) is 23.2 Å². The van der Waals surface area contributed by atoms with Gasteiger partial charge in [0, 0.05) is 18.0 Å². The van der Waals surface area contributed by atoms with Crippen LogP contribution in [0.1, 0.15) is 31.2 Å². The van der Waals surface area contributed by atoms with Gasteiger partial charge < -0.3 is 10.4 Å². The number of benzene rings is 1. The molecule has 0 amide bonds. The number of hydrogen-bond donors (Lipinski definition) is 2. The smallest absolute Gasteiger partial charge is 0.292 e. The third kappa shape index (κ3) is 2.89. The summed E-state index contributed by atoms with van der Waals surface area (Å²) in [6, 6.07) is 6.22. The lowest BCUT2D eigenvalue weighted by molar-refractivity contribution is -0.384. The molecule has 0 aromatic heterocycles. The highest BCUT2D eigenvalue weighted by Gasteiger charge is 2.33. The number of aliphatic hydroxyl groups excluding tert-OH is 1. The van der Waals surface area contributed by atoms with E-state index in [2.05, 4.69) is 5.32 Å². The number of anilines is 1. The Morgan fingerprint density at radius 3 is 2.70 bits per heavy atom. The zero-order valence-corrected chi connectivity index (χ0v) is 11.1. The number of hydrogen-bond acceptors (Lipinski definition) is 5. The van der Waals surface area contributed by atoms with Crippen molar-refractivity contribution in [1.29, 1.82) is 5.26 Å². The van der Waals surface area contributed by atoms with E-state index in [1.807, 2.05) is 6.07 Å². The molecule has 0 bridgehead atoms. The molecule has 20 heavy (non-hydrogen) atoms. The molecule has 1 aliphatic rings. The van der Waals surface area contributed by atoms with Crippen LogP contribution in [-0.2, 0) is 0 Å². The largest absolute Gasteiger partial charge is 0.396 e. The van der Waals surface area contributed by atoms with E-state index in [1.54, 1.807) is 0 Å². The van der Waals surface area contributed by atoms with Gasteiger partial charge in [0.25, 0.3) is 5.69 Å². The summed E-state index contributed by atoms with van der Waals surface area (Å²) in [5.41, 5.74) is 0.475. The van der Waals surface area contributed by atoms with E-state index < -0.39 is 4.92 Å². The molecule has 0 unspecified atom stereocenters. The fourth-order valence-electron chi connectivity index (χ4n) is 2.70. The third-order valence-corrected chi connectivity index (χ3v) is 3.98. The molecule has 0 saturated heterocycles. The van der Waals surface area contributed by atoms with Gasteiger partial charge in [-0.25, -0.2) is 0 Å². The molecule has 2 rings (SSSR count). The van der Waals surface area contributed by atoms with Crippen LogP contribution in [0.25, 0.3) is 0 Å². The lowest BCUT2D eigenvalue weighted by Gasteiger charge is -2.27. The molecule has 0 radical (unpaired) electrons. The van der Waals surface area contributed by atoms with Gasteiger partial charge in [-0.05, 0) is 25.0 Å². The molecular formula is C14H17N3O3. The Balaban J connectivity index is 2.19. The maximum absolute atomic E-state index is 11.0. The second-order valence-electron chi connectivity index (χ2n) is 5.32. The fourth-order valence-corrected chi connectivity index (χ4v) is 2.70. The number of aliphatic hydroxyl groups is 1. The zero-order chi connectivity index (χ0) is 14.6. The molecule has 6 heteroatoms. The van der Waals surface area contributed by atoms with Crippen LogP contribution < -0.4 is 5.32 Å². The Kier molecular flexibility index (Phi) is 4.20. The molecule has 1 aromatic rings. The van der Waals surface area contributed by atoms with Crippen molar-refractivity contribution in [1.82, 2.24) is 0 Å². The summed E-state index contributed by atoms with van der Waals surface area (Å²) in [6.07, 6.45) is 3.98. The van der Waals surface area contributed by atoms with Crippen molar-refractivity contribution in [3.63, 3.8) is 0 Å². The minimum Gasteiger partial charge on any atom is -0.396 e. The number of nitrogens with one attached hydrogen (secondary N) is 1. The maximum Gasteiger partial charge on any atom is 0.292 e. The highest BCUT2D eigenvalue weighted by molar-refractivity contribution is 5.64. The Hall–Kier alpha value is -2.13. The van der Waals surface area contributed by atoms with E-state index >= 15 is 0 Å². The zero-order valence-electron chi connectivity index (χ0n) is 11.1. The van der Waals surface area contributed by atoms with Gasteiger partial charge in [0.1, 0.15) is 5.69 Å². The minimum absolute atomic E-state index is 0.0462. The highest BCUT2D eigenvalue weighted by atomic mass is 16.6. The minimum atomic E-state index is -0.468. The summed E-state index contributed by atoms with van der Waals surface area (Å²) in [5.74, 6) is 0. The first-order valence-corrected chi connectivity index (χ1v) is 6.63. The van der Waals surface area contributed by atoms with Crippen LogP contribution in [0.3, 0.4) is 0 Å². The first-order chi connectivity index (χ1) is 9.60. The molecule has 2 N–H and O–H groups in total. The van der Waals surface area contributed by atoms with Gasteiger partial charge in [-0.3, -0.25) is 10.1 Å². The molecule has 1 aromatic carbocycles. The van der Waals surface area contributed by atoms with Gasteiger partial charge >= 0.3 is 0 Å². The van der Waals surface area contributed by atoms with Gasteiger partial charge in [0.05, 0.1) is 23.2 Å². The predicted molar refractivity (Wildman–Crippen MR) is 74.3 cm³/mol. The molecule has 0 spiro atoms. The SMILES string of the molecule is N#Cc1ccc([N+](=O)[O-])c(NCC2(CO)CCCC2)c1. The first-order valence-electron chi connectivity index (χ1n) is 6.63. The van der Waals surface area contributed by atoms with E-state index in [9.17, 15) is 15.2 Å². The lowest BCUT2D eigenvalue weighted by Crippen LogP contribution is -2.30. The summed E-state index contributed by atoms with van der Waals surface area (Å²) in [5, 5.41) is 32.5. The van der Waals surface area contributed by atoms with Gasteiger partial charge in [0.15, 0.2) is 0 Å². The van der Waals surface area contributed by atoms with E-state index in [-0.39, 0.29) is 17.7 Å². The number of nitriles is 1. The fraction of sp³-hybridized carbons (Fsp3) is 0.500. The molecule has 6 nitrogen and oxygen atoms in total. The summed E-state index contributed by atoms with van der Waals surface area (Å²) in [6.45, 7) is 0.560. The van der Waals surface area contributed by atoms with E-state index in [0.717, 1.165) is 25.7 Å². The first kappa shape index (κ1) is 14.3. The van der Waals surface area contributed by atoms with Crippen LogP contribution >= 0.6 is 0 Å². The number of nitrogens with zero attached hydrogens (tertiary/aromatic N) is 2. The van der Waals surface area contributed by atoms with Crippen molar-refractivity contribution in [3.8, 4) is 6.07 Å². The molecule has 1 saturated carbocycles. The topological polar surface area (TPSA) is 99.2 Å². The van der Waals surface area contributed by atoms with Crippen LogP contribution in [0.15, 0.2) is 18.2 Å². The van der Waals surface area contributed by atoms with Crippen molar-refractivity contribution < 1.29 is 10.0 Å². The molecule has 0 atom stereocenters. The molecule has 0 heterocycles. The van der Waals surface area contributed by atoms with E-state index in [4.69, 9.17) is 5.26 Å². The predicted octanol–water partition coefficient (Wildman–Crippen LogP) is 2.43. The maximum atomic E-state index is 11.0. The Labute approximate surface area is 117 Å². The van der Waals surface area contributed by atoms with Crippen LogP contribution in [0.2, 0.25) is 0 Å².